The van der Waals surface area contributed by atoms with Gasteiger partial charge in [0.2, 0.25) is 5.91 Å². The van der Waals surface area contributed by atoms with E-state index in [1.807, 2.05) is 46.7 Å². The summed E-state index contributed by atoms with van der Waals surface area (Å²) in [5.41, 5.74) is 4.33. The van der Waals surface area contributed by atoms with Gasteiger partial charge in [-0.3, -0.25) is 9.59 Å². The number of thiazole rings is 1. The van der Waals surface area contributed by atoms with Crippen LogP contribution in [0, 0.1) is 0 Å². The highest BCUT2D eigenvalue weighted by atomic mass is 32.1. The Kier molecular flexibility index (Phi) is 7.57. The van der Waals surface area contributed by atoms with Crippen LogP contribution in [0.15, 0.2) is 59.4 Å². The van der Waals surface area contributed by atoms with E-state index in [2.05, 4.69) is 4.98 Å². The van der Waals surface area contributed by atoms with Crippen LogP contribution in [0.5, 0.6) is 11.5 Å². The summed E-state index contributed by atoms with van der Waals surface area (Å²) in [6, 6.07) is 15.0. The zero-order valence-electron chi connectivity index (χ0n) is 18.6. The van der Waals surface area contributed by atoms with Gasteiger partial charge in [0.1, 0.15) is 18.1 Å². The van der Waals surface area contributed by atoms with Gasteiger partial charge in [0, 0.05) is 43.5 Å². The topological polar surface area (TPSA) is 72.0 Å². The second-order valence-electron chi connectivity index (χ2n) is 7.82. The summed E-state index contributed by atoms with van der Waals surface area (Å²) < 4.78 is 10.9. The van der Waals surface area contributed by atoms with Crippen LogP contribution < -0.4 is 9.47 Å². The van der Waals surface area contributed by atoms with Crippen LogP contribution in [-0.4, -0.2) is 59.9 Å². The molecule has 33 heavy (non-hydrogen) atoms. The normalized spacial score (nSPS) is 13.6. The Hall–Kier alpha value is -3.39. The molecule has 0 aliphatic carbocycles. The zero-order chi connectivity index (χ0) is 23.0. The highest BCUT2D eigenvalue weighted by molar-refractivity contribution is 7.07. The van der Waals surface area contributed by atoms with Crippen LogP contribution in [0.25, 0.3) is 0 Å². The molecular weight excluding hydrogens is 438 g/mol. The molecule has 172 valence electrons. The molecule has 3 aromatic rings. The predicted octanol–water partition coefficient (Wildman–Crippen LogP) is 3.65. The van der Waals surface area contributed by atoms with Crippen molar-refractivity contribution in [2.24, 2.45) is 0 Å². The third kappa shape index (κ3) is 6.10. The number of nitrogens with zero attached hydrogens (tertiary/aromatic N) is 3. The summed E-state index contributed by atoms with van der Waals surface area (Å²) in [4.78, 5) is 33.5. The number of amides is 2. The van der Waals surface area contributed by atoms with Crippen molar-refractivity contribution in [1.82, 2.24) is 14.8 Å². The quantitative estimate of drug-likeness (QED) is 0.508. The standard InChI is InChI=1S/C25H27N3O4S/c1-31-22-8-5-19(6-9-22)7-10-24(29)27-11-13-28(14-12-27)25(30)20-3-2-4-23(15-20)32-16-21-17-33-18-26-21/h2-6,8-9,15,17-18H,7,10-14,16H2,1H3. The SMILES string of the molecule is COc1ccc(CCC(=O)N2CCN(C(=O)c3cccc(OCc4cscn4)c3)CC2)cc1. The fraction of sp³-hybridized carbons (Fsp3) is 0.320. The number of piperazine rings is 1. The minimum Gasteiger partial charge on any atom is -0.497 e. The number of hydrogen-bond acceptors (Lipinski definition) is 6. The van der Waals surface area contributed by atoms with Crippen molar-refractivity contribution in [2.75, 3.05) is 33.3 Å². The molecule has 1 aliphatic heterocycles. The fourth-order valence-corrected chi connectivity index (χ4v) is 4.27. The minimum absolute atomic E-state index is 0.0422. The summed E-state index contributed by atoms with van der Waals surface area (Å²) in [5.74, 6) is 1.53. The maximum absolute atomic E-state index is 13.0. The lowest BCUT2D eigenvalue weighted by Crippen LogP contribution is -2.50. The largest absolute Gasteiger partial charge is 0.497 e. The molecule has 2 amide bonds. The predicted molar refractivity (Wildman–Crippen MR) is 127 cm³/mol. The van der Waals surface area contributed by atoms with Gasteiger partial charge in [-0.25, -0.2) is 4.98 Å². The number of aryl methyl sites for hydroxylation is 1. The first-order valence-electron chi connectivity index (χ1n) is 10.9. The van der Waals surface area contributed by atoms with E-state index in [0.29, 0.717) is 56.9 Å². The Morgan fingerprint density at radius 1 is 1.00 bits per heavy atom. The van der Waals surface area contributed by atoms with Gasteiger partial charge in [0.25, 0.3) is 5.91 Å². The third-order valence-electron chi connectivity index (χ3n) is 5.66. The van der Waals surface area contributed by atoms with Crippen molar-refractivity contribution in [1.29, 1.82) is 0 Å². The highest BCUT2D eigenvalue weighted by Crippen LogP contribution is 2.18. The first kappa shape index (κ1) is 22.8. The van der Waals surface area contributed by atoms with Gasteiger partial charge in [-0.1, -0.05) is 18.2 Å². The van der Waals surface area contributed by atoms with E-state index in [1.54, 1.807) is 29.7 Å². The van der Waals surface area contributed by atoms with E-state index in [9.17, 15) is 9.59 Å². The zero-order valence-corrected chi connectivity index (χ0v) is 19.4. The van der Waals surface area contributed by atoms with Crippen molar-refractivity contribution >= 4 is 23.2 Å². The van der Waals surface area contributed by atoms with Crippen molar-refractivity contribution in [2.45, 2.75) is 19.4 Å². The maximum atomic E-state index is 13.0. The molecule has 0 unspecified atom stereocenters. The summed E-state index contributed by atoms with van der Waals surface area (Å²) >= 11 is 1.52. The van der Waals surface area contributed by atoms with Gasteiger partial charge < -0.3 is 19.3 Å². The Labute approximate surface area is 197 Å². The summed E-state index contributed by atoms with van der Waals surface area (Å²) in [6.45, 7) is 2.52. The summed E-state index contributed by atoms with van der Waals surface area (Å²) in [6.07, 6.45) is 1.15. The van der Waals surface area contributed by atoms with Crippen molar-refractivity contribution in [3.63, 3.8) is 0 Å². The van der Waals surface area contributed by atoms with Gasteiger partial charge in [-0.15, -0.1) is 11.3 Å². The molecule has 0 radical (unpaired) electrons. The Bertz CT molecular complexity index is 1060. The molecule has 1 saturated heterocycles. The van der Waals surface area contributed by atoms with Crippen LogP contribution in [-0.2, 0) is 17.8 Å². The first-order valence-corrected chi connectivity index (χ1v) is 11.9. The molecule has 1 aliphatic rings. The number of methoxy groups -OCH3 is 1. The van der Waals surface area contributed by atoms with Crippen molar-refractivity contribution in [3.05, 3.63) is 76.2 Å². The number of rotatable bonds is 8. The smallest absolute Gasteiger partial charge is 0.254 e. The van der Waals surface area contributed by atoms with Crippen LogP contribution in [0.2, 0.25) is 0 Å². The Morgan fingerprint density at radius 3 is 2.45 bits per heavy atom. The van der Waals surface area contributed by atoms with Crippen molar-refractivity contribution in [3.8, 4) is 11.5 Å². The Balaban J connectivity index is 1.25. The Morgan fingerprint density at radius 2 is 1.76 bits per heavy atom. The number of carbonyl (C=O) groups is 2. The van der Waals surface area contributed by atoms with Gasteiger partial charge in [-0.2, -0.15) is 0 Å². The van der Waals surface area contributed by atoms with Crippen LogP contribution in [0.1, 0.15) is 28.0 Å². The van der Waals surface area contributed by atoms with Crippen LogP contribution in [0.3, 0.4) is 0 Å². The molecule has 4 rings (SSSR count). The molecule has 0 bridgehead atoms. The number of carbonyl (C=O) groups excluding carboxylic acids is 2. The molecule has 1 fully saturated rings. The monoisotopic (exact) mass is 465 g/mol. The lowest BCUT2D eigenvalue weighted by Gasteiger charge is -2.35. The van der Waals surface area contributed by atoms with Gasteiger partial charge >= 0.3 is 0 Å². The molecule has 2 heterocycles. The maximum Gasteiger partial charge on any atom is 0.254 e. The molecule has 0 spiro atoms. The van der Waals surface area contributed by atoms with Gasteiger partial charge in [0.15, 0.2) is 0 Å². The molecule has 7 nitrogen and oxygen atoms in total. The average Bonchev–Trinajstić information content (AvgIpc) is 3.40. The molecule has 1 aromatic heterocycles. The summed E-state index contributed by atoms with van der Waals surface area (Å²) in [5, 5.41) is 1.94. The number of benzene rings is 2. The number of aromatic nitrogens is 1. The van der Waals surface area contributed by atoms with Crippen LogP contribution >= 0.6 is 11.3 Å². The molecule has 0 N–H and O–H groups in total. The first-order chi connectivity index (χ1) is 16.1. The summed E-state index contributed by atoms with van der Waals surface area (Å²) in [7, 11) is 1.64. The molecule has 2 aromatic carbocycles. The highest BCUT2D eigenvalue weighted by Gasteiger charge is 2.25. The van der Waals surface area contributed by atoms with E-state index in [1.165, 1.54) is 11.3 Å². The second-order valence-corrected chi connectivity index (χ2v) is 8.54. The minimum atomic E-state index is -0.0422. The van der Waals surface area contributed by atoms with Gasteiger partial charge in [-0.05, 0) is 42.3 Å². The molecule has 8 heteroatoms. The van der Waals surface area contributed by atoms with E-state index >= 15 is 0 Å². The van der Waals surface area contributed by atoms with E-state index in [4.69, 9.17) is 9.47 Å². The fourth-order valence-electron chi connectivity index (χ4n) is 3.73. The lowest BCUT2D eigenvalue weighted by molar-refractivity contribution is -0.132. The van der Waals surface area contributed by atoms with Crippen LogP contribution in [0.4, 0.5) is 0 Å². The van der Waals surface area contributed by atoms with E-state index in [0.717, 1.165) is 17.0 Å². The average molecular weight is 466 g/mol. The van der Waals surface area contributed by atoms with Gasteiger partial charge in [0.05, 0.1) is 18.3 Å². The lowest BCUT2D eigenvalue weighted by atomic mass is 10.1. The molecule has 0 saturated carbocycles. The van der Waals surface area contributed by atoms with E-state index in [-0.39, 0.29) is 11.8 Å². The second kappa shape index (κ2) is 11.0. The van der Waals surface area contributed by atoms with E-state index < -0.39 is 0 Å². The molecule has 0 atom stereocenters. The number of ether oxygens (including phenoxy) is 2. The third-order valence-corrected chi connectivity index (χ3v) is 6.29. The number of hydrogen-bond donors (Lipinski definition) is 0. The molecular formula is C25H27N3O4S. The van der Waals surface area contributed by atoms with Crippen molar-refractivity contribution < 1.29 is 19.1 Å².